The molecule has 0 aliphatic rings. The molecule has 0 radical (unpaired) electrons. The number of halogens is 3. The van der Waals surface area contributed by atoms with E-state index in [9.17, 15) is 17.9 Å². The molecule has 3 rings (SSSR count). The molecule has 3 N–H and O–H groups in total. The molecule has 3 aromatic rings. The number of aliphatic hydroxyl groups is 2. The Labute approximate surface area is 175 Å². The second-order valence-corrected chi connectivity index (χ2v) is 8.51. The molecule has 1 unspecified atom stereocenters. The van der Waals surface area contributed by atoms with Crippen LogP contribution >= 0.6 is 23.2 Å². The minimum atomic E-state index is -4.22. The Morgan fingerprint density at radius 1 is 1.34 bits per heavy atom. The first-order valence-corrected chi connectivity index (χ1v) is 10.4. The Bertz CT molecular complexity index is 1170. The summed E-state index contributed by atoms with van der Waals surface area (Å²) < 4.78 is 48.5. The Morgan fingerprint density at radius 3 is 2.72 bits per heavy atom. The van der Waals surface area contributed by atoms with Crippen LogP contribution in [0.25, 0.3) is 10.9 Å². The van der Waals surface area contributed by atoms with Crippen molar-refractivity contribution in [3.63, 3.8) is 0 Å². The summed E-state index contributed by atoms with van der Waals surface area (Å²) in [7, 11) is -2.99. The van der Waals surface area contributed by atoms with Crippen LogP contribution < -0.4 is 9.46 Å². The maximum atomic E-state index is 13.8. The number of rotatable bonds is 7. The maximum Gasteiger partial charge on any atom is 0.264 e. The number of ether oxygens (including phenoxy) is 1. The van der Waals surface area contributed by atoms with Gasteiger partial charge < -0.3 is 19.5 Å². The molecule has 8 nitrogen and oxygen atoms in total. The van der Waals surface area contributed by atoms with Gasteiger partial charge >= 0.3 is 0 Å². The van der Waals surface area contributed by atoms with Gasteiger partial charge in [-0.1, -0.05) is 23.2 Å². The van der Waals surface area contributed by atoms with E-state index in [-0.39, 0.29) is 23.0 Å². The van der Waals surface area contributed by atoms with Gasteiger partial charge in [0.1, 0.15) is 10.6 Å². The largest absolute Gasteiger partial charge is 0.479 e. The molecule has 156 valence electrons. The fourth-order valence-corrected chi connectivity index (χ4v) is 4.33. The molecule has 1 atom stereocenters. The number of methoxy groups -OCH3 is 1. The van der Waals surface area contributed by atoms with Crippen LogP contribution in [0.2, 0.25) is 10.2 Å². The van der Waals surface area contributed by atoms with Crippen LogP contribution in [0, 0.1) is 5.82 Å². The molecular weight excluding hydrogens is 448 g/mol. The van der Waals surface area contributed by atoms with Crippen LogP contribution in [-0.2, 0) is 16.6 Å². The summed E-state index contributed by atoms with van der Waals surface area (Å²) in [5.74, 6) is -1.13. The Morgan fingerprint density at radius 2 is 2.07 bits per heavy atom. The molecule has 1 aromatic carbocycles. The van der Waals surface area contributed by atoms with Gasteiger partial charge in [-0.25, -0.2) is 12.8 Å². The van der Waals surface area contributed by atoms with Crippen molar-refractivity contribution in [3.05, 3.63) is 46.5 Å². The third kappa shape index (κ3) is 4.41. The lowest BCUT2D eigenvalue weighted by Gasteiger charge is -2.11. The van der Waals surface area contributed by atoms with E-state index >= 15 is 0 Å². The number of sulfonamides is 1. The van der Waals surface area contributed by atoms with E-state index in [0.717, 1.165) is 6.07 Å². The lowest BCUT2D eigenvalue weighted by Crippen LogP contribution is -2.19. The lowest BCUT2D eigenvalue weighted by molar-refractivity contribution is 0.0821. The normalized spacial score (nSPS) is 12.9. The molecule has 2 aromatic heterocycles. The molecule has 0 fully saturated rings. The van der Waals surface area contributed by atoms with Gasteiger partial charge in [0.2, 0.25) is 5.88 Å². The molecule has 2 heterocycles. The molecule has 0 aliphatic heterocycles. The van der Waals surface area contributed by atoms with Gasteiger partial charge in [-0.15, -0.1) is 0 Å². The van der Waals surface area contributed by atoms with Gasteiger partial charge in [0.25, 0.3) is 10.0 Å². The first-order chi connectivity index (χ1) is 13.7. The second kappa shape index (κ2) is 8.33. The van der Waals surface area contributed by atoms with Gasteiger partial charge in [0.15, 0.2) is 11.0 Å². The number of fused-ring (bicyclic) bond motifs is 1. The first kappa shape index (κ1) is 21.6. The predicted molar refractivity (Wildman–Crippen MR) is 107 cm³/mol. The summed E-state index contributed by atoms with van der Waals surface area (Å²) in [6.45, 7) is -0.573. The summed E-state index contributed by atoms with van der Waals surface area (Å²) >= 11 is 11.6. The highest BCUT2D eigenvalue weighted by Gasteiger charge is 2.24. The van der Waals surface area contributed by atoms with Crippen LogP contribution in [0.15, 0.2) is 35.4 Å². The van der Waals surface area contributed by atoms with Crippen LogP contribution in [0.5, 0.6) is 5.88 Å². The monoisotopic (exact) mass is 463 g/mol. The Balaban J connectivity index is 2.11. The van der Waals surface area contributed by atoms with Crippen LogP contribution in [0.4, 0.5) is 10.1 Å². The Hall–Kier alpha value is -2.11. The zero-order valence-corrected chi connectivity index (χ0v) is 17.3. The van der Waals surface area contributed by atoms with Crippen molar-refractivity contribution in [2.75, 3.05) is 18.4 Å². The predicted octanol–water partition coefficient (Wildman–Crippen LogP) is 2.64. The van der Waals surface area contributed by atoms with Crippen molar-refractivity contribution in [2.24, 2.45) is 0 Å². The molecule has 0 saturated heterocycles. The highest BCUT2D eigenvalue weighted by atomic mass is 35.5. The summed E-state index contributed by atoms with van der Waals surface area (Å²) in [6, 6.07) is 5.41. The minimum Gasteiger partial charge on any atom is -0.479 e. The SMILES string of the molecule is COc1nc(Cl)c(F)cc1NS(=O)(=O)c1cn(CC(O)CO)c2cc(Cl)ccc12. The number of hydrogen-bond acceptors (Lipinski definition) is 6. The number of benzene rings is 1. The molecule has 12 heteroatoms. The highest BCUT2D eigenvalue weighted by molar-refractivity contribution is 7.93. The van der Waals surface area contributed by atoms with E-state index in [1.807, 2.05) is 0 Å². The highest BCUT2D eigenvalue weighted by Crippen LogP contribution is 2.32. The van der Waals surface area contributed by atoms with Crippen molar-refractivity contribution >= 4 is 49.8 Å². The summed E-state index contributed by atoms with van der Waals surface area (Å²) in [4.78, 5) is 3.51. The van der Waals surface area contributed by atoms with Crippen LogP contribution in [0.3, 0.4) is 0 Å². The van der Waals surface area contributed by atoms with Crippen molar-refractivity contribution in [1.29, 1.82) is 0 Å². The van der Waals surface area contributed by atoms with Crippen molar-refractivity contribution < 1.29 is 27.8 Å². The fourth-order valence-electron chi connectivity index (χ4n) is 2.76. The average molecular weight is 464 g/mol. The maximum absolute atomic E-state index is 13.8. The number of nitrogens with zero attached hydrogens (tertiary/aromatic N) is 2. The summed E-state index contributed by atoms with van der Waals surface area (Å²) in [6.07, 6.45) is 0.178. The van der Waals surface area contributed by atoms with Crippen molar-refractivity contribution in [2.45, 2.75) is 17.5 Å². The molecule has 0 aliphatic carbocycles. The van der Waals surface area contributed by atoms with E-state index in [1.54, 1.807) is 0 Å². The van der Waals surface area contributed by atoms with Gasteiger partial charge in [-0.05, 0) is 18.2 Å². The Kier molecular flexibility index (Phi) is 6.20. The zero-order chi connectivity index (χ0) is 21.3. The third-order valence-corrected chi connectivity index (χ3v) is 5.94. The number of nitrogens with one attached hydrogen (secondary N) is 1. The molecule has 0 amide bonds. The third-order valence-electron chi connectivity index (χ3n) is 4.05. The number of pyridine rings is 1. The molecule has 0 saturated carbocycles. The van der Waals surface area contributed by atoms with Crippen LogP contribution in [0.1, 0.15) is 0 Å². The van der Waals surface area contributed by atoms with Crippen molar-refractivity contribution in [3.8, 4) is 5.88 Å². The van der Waals surface area contributed by atoms with E-state index in [4.69, 9.17) is 33.0 Å². The average Bonchev–Trinajstić information content (AvgIpc) is 3.02. The van der Waals surface area contributed by atoms with Gasteiger partial charge in [0.05, 0.1) is 31.9 Å². The smallest absolute Gasteiger partial charge is 0.264 e. The van der Waals surface area contributed by atoms with E-state index in [0.29, 0.717) is 15.9 Å². The summed E-state index contributed by atoms with van der Waals surface area (Å²) in [5.41, 5.74) is 0.192. The van der Waals surface area contributed by atoms with Gasteiger partial charge in [-0.2, -0.15) is 4.98 Å². The second-order valence-electron chi connectivity index (χ2n) is 6.07. The number of aliphatic hydroxyl groups excluding tert-OH is 2. The van der Waals surface area contributed by atoms with Gasteiger partial charge in [-0.3, -0.25) is 4.72 Å². The van der Waals surface area contributed by atoms with Gasteiger partial charge in [0, 0.05) is 22.7 Å². The van der Waals surface area contributed by atoms with Crippen LogP contribution in [-0.4, -0.2) is 48.0 Å². The van der Waals surface area contributed by atoms with E-state index in [2.05, 4.69) is 9.71 Å². The number of aromatic nitrogens is 2. The summed E-state index contributed by atoms with van der Waals surface area (Å²) in [5, 5.41) is 19.1. The quantitative estimate of drug-likeness (QED) is 0.464. The fraction of sp³-hybridized carbons (Fsp3) is 0.235. The lowest BCUT2D eigenvalue weighted by atomic mass is 10.2. The number of hydrogen-bond donors (Lipinski definition) is 3. The molecule has 0 bridgehead atoms. The standard InChI is InChI=1S/C17H16Cl2FN3O5S/c1-28-17-13(5-12(20)16(19)21-17)22-29(26,27)15-7-23(6-10(25)8-24)14-4-9(18)2-3-11(14)15/h2-5,7,10,22,24-25H,6,8H2,1H3. The van der Waals surface area contributed by atoms with Crippen molar-refractivity contribution in [1.82, 2.24) is 9.55 Å². The van der Waals surface area contributed by atoms with E-state index < -0.39 is 33.7 Å². The van der Waals surface area contributed by atoms with E-state index in [1.165, 1.54) is 36.1 Å². The molecule has 0 spiro atoms. The molecule has 29 heavy (non-hydrogen) atoms. The first-order valence-electron chi connectivity index (χ1n) is 8.16. The minimum absolute atomic E-state index is 0.0662. The molecular formula is C17H16Cl2FN3O5S. The number of anilines is 1. The zero-order valence-electron chi connectivity index (χ0n) is 14.9. The topological polar surface area (TPSA) is 114 Å².